The Kier molecular flexibility index (Phi) is 5.99. The molecule has 8 heteroatoms. The summed E-state index contributed by atoms with van der Waals surface area (Å²) in [4.78, 5) is 11.6. The molecule has 0 bridgehead atoms. The summed E-state index contributed by atoms with van der Waals surface area (Å²) in [5.41, 5.74) is -0.632. The smallest absolute Gasteiger partial charge is 0.353 e. The van der Waals surface area contributed by atoms with Crippen LogP contribution in [0.25, 0.3) is 0 Å². The Bertz CT molecular complexity index is 609. The topological polar surface area (TPSA) is 63.2 Å². The zero-order valence-electron chi connectivity index (χ0n) is 12.3. The minimum Gasteiger partial charge on any atom is -0.353 e. The van der Waals surface area contributed by atoms with E-state index in [0.29, 0.717) is 6.42 Å². The van der Waals surface area contributed by atoms with Crippen LogP contribution in [0.4, 0.5) is 13.2 Å². The van der Waals surface area contributed by atoms with Crippen LogP contribution in [0.2, 0.25) is 0 Å². The summed E-state index contributed by atoms with van der Waals surface area (Å²) in [7, 11) is -3.73. The minimum atomic E-state index is -4.46. The van der Waals surface area contributed by atoms with Crippen molar-refractivity contribution in [1.29, 1.82) is 0 Å². The third kappa shape index (κ3) is 6.05. The predicted octanol–water partition coefficient (Wildman–Crippen LogP) is 2.53. The molecule has 0 aromatic heterocycles. The average molecular weight is 337 g/mol. The normalized spacial score (nSPS) is 13.7. The highest BCUT2D eigenvalue weighted by Crippen LogP contribution is 2.29. The van der Waals surface area contributed by atoms with Gasteiger partial charge in [-0.1, -0.05) is 19.1 Å². The van der Waals surface area contributed by atoms with Crippen LogP contribution in [0.1, 0.15) is 31.4 Å². The zero-order valence-corrected chi connectivity index (χ0v) is 13.1. The van der Waals surface area contributed by atoms with E-state index in [0.717, 1.165) is 24.3 Å². The number of hydrogen-bond donors (Lipinski definition) is 1. The number of halogens is 3. The van der Waals surface area contributed by atoms with Gasteiger partial charge in [-0.2, -0.15) is 13.2 Å². The molecular weight excluding hydrogens is 319 g/mol. The van der Waals surface area contributed by atoms with Gasteiger partial charge in [0, 0.05) is 6.04 Å². The minimum absolute atomic E-state index is 0.131. The van der Waals surface area contributed by atoms with E-state index in [1.807, 2.05) is 6.92 Å². The van der Waals surface area contributed by atoms with Gasteiger partial charge in [0.2, 0.25) is 5.91 Å². The van der Waals surface area contributed by atoms with Crippen molar-refractivity contribution in [3.8, 4) is 0 Å². The second-order valence-corrected chi connectivity index (χ2v) is 7.17. The number of amides is 1. The van der Waals surface area contributed by atoms with Gasteiger partial charge in [0.25, 0.3) is 0 Å². The molecule has 1 rings (SSSR count). The molecule has 0 fully saturated rings. The maximum absolute atomic E-state index is 12.4. The van der Waals surface area contributed by atoms with Crippen molar-refractivity contribution in [2.75, 3.05) is 5.75 Å². The van der Waals surface area contributed by atoms with Gasteiger partial charge in [-0.05, 0) is 31.0 Å². The Morgan fingerprint density at radius 1 is 1.23 bits per heavy atom. The van der Waals surface area contributed by atoms with Crippen LogP contribution < -0.4 is 5.32 Å². The fourth-order valence-corrected chi connectivity index (χ4v) is 3.00. The fraction of sp³-hybridized carbons (Fsp3) is 0.500. The Morgan fingerprint density at radius 3 is 2.23 bits per heavy atom. The molecule has 1 N–H and O–H groups in total. The van der Waals surface area contributed by atoms with E-state index in [1.165, 1.54) is 0 Å². The lowest BCUT2D eigenvalue weighted by Crippen LogP contribution is -2.36. The predicted molar refractivity (Wildman–Crippen MR) is 76.8 cm³/mol. The summed E-state index contributed by atoms with van der Waals surface area (Å²) >= 11 is 0. The fourth-order valence-electron chi connectivity index (χ4n) is 1.71. The Labute approximate surface area is 127 Å². The molecule has 0 aliphatic rings. The molecule has 124 valence electrons. The van der Waals surface area contributed by atoms with Crippen LogP contribution in [0.5, 0.6) is 0 Å². The van der Waals surface area contributed by atoms with Crippen LogP contribution in [-0.2, 0) is 26.6 Å². The van der Waals surface area contributed by atoms with E-state index in [-0.39, 0.29) is 11.6 Å². The van der Waals surface area contributed by atoms with E-state index in [1.54, 1.807) is 6.92 Å². The van der Waals surface area contributed by atoms with Gasteiger partial charge in [0.15, 0.2) is 9.84 Å². The van der Waals surface area contributed by atoms with E-state index in [4.69, 9.17) is 0 Å². The maximum Gasteiger partial charge on any atom is 0.416 e. The highest BCUT2D eigenvalue weighted by atomic mass is 32.2. The van der Waals surface area contributed by atoms with Gasteiger partial charge in [-0.3, -0.25) is 4.79 Å². The molecule has 0 saturated carbocycles. The molecule has 0 unspecified atom stereocenters. The van der Waals surface area contributed by atoms with Crippen LogP contribution in [0, 0.1) is 0 Å². The number of alkyl halides is 3. The van der Waals surface area contributed by atoms with Gasteiger partial charge < -0.3 is 5.32 Å². The molecule has 1 amide bonds. The third-order valence-corrected chi connectivity index (χ3v) is 4.51. The number of sulfone groups is 1. The first kappa shape index (κ1) is 18.5. The van der Waals surface area contributed by atoms with E-state index >= 15 is 0 Å². The summed E-state index contributed by atoms with van der Waals surface area (Å²) in [5.74, 6) is -1.77. The van der Waals surface area contributed by atoms with Gasteiger partial charge >= 0.3 is 6.18 Å². The maximum atomic E-state index is 12.4. The highest BCUT2D eigenvalue weighted by Gasteiger charge is 2.30. The molecular formula is C14H18F3NO3S. The largest absolute Gasteiger partial charge is 0.416 e. The van der Waals surface area contributed by atoms with Crippen LogP contribution >= 0.6 is 0 Å². The molecule has 4 nitrogen and oxygen atoms in total. The molecule has 1 aromatic carbocycles. The number of benzene rings is 1. The second-order valence-electron chi connectivity index (χ2n) is 5.10. The van der Waals surface area contributed by atoms with Crippen molar-refractivity contribution in [2.24, 2.45) is 0 Å². The zero-order chi connectivity index (χ0) is 17.0. The summed E-state index contributed by atoms with van der Waals surface area (Å²) in [6, 6.07) is 3.72. The van der Waals surface area contributed by atoms with Gasteiger partial charge in [0.05, 0.1) is 11.3 Å². The summed E-state index contributed by atoms with van der Waals surface area (Å²) in [6.07, 6.45) is -3.79. The van der Waals surface area contributed by atoms with Gasteiger partial charge in [0.1, 0.15) is 5.75 Å². The van der Waals surface area contributed by atoms with Crippen LogP contribution in [0.15, 0.2) is 24.3 Å². The number of hydrogen-bond acceptors (Lipinski definition) is 3. The third-order valence-electron chi connectivity index (χ3n) is 3.04. The molecule has 0 aliphatic carbocycles. The molecule has 0 heterocycles. The van der Waals surface area contributed by atoms with E-state index in [9.17, 15) is 26.4 Å². The average Bonchev–Trinajstić information content (AvgIpc) is 2.36. The van der Waals surface area contributed by atoms with Crippen molar-refractivity contribution in [3.63, 3.8) is 0 Å². The summed E-state index contributed by atoms with van der Waals surface area (Å²) in [6.45, 7) is 3.60. The second kappa shape index (κ2) is 7.13. The van der Waals surface area contributed by atoms with E-state index < -0.39 is 39.0 Å². The molecule has 1 atom stereocenters. The molecule has 1 aromatic rings. The van der Waals surface area contributed by atoms with Gasteiger partial charge in [-0.25, -0.2) is 8.42 Å². The Hall–Kier alpha value is -1.57. The molecule has 0 radical (unpaired) electrons. The standard InChI is InChI=1S/C14H18F3NO3S/c1-3-10(2)18-13(19)9-22(20,21)8-11-4-6-12(7-5-11)14(15,16)17/h4-7,10H,3,8-9H2,1-2H3,(H,18,19)/t10-/m0/s1. The monoisotopic (exact) mass is 337 g/mol. The van der Waals surface area contributed by atoms with E-state index in [2.05, 4.69) is 5.32 Å². The summed E-state index contributed by atoms with van der Waals surface area (Å²) < 4.78 is 61.0. The lowest BCUT2D eigenvalue weighted by molar-refractivity contribution is -0.137. The van der Waals surface area contributed by atoms with Crippen molar-refractivity contribution < 1.29 is 26.4 Å². The molecule has 0 saturated heterocycles. The molecule has 0 aliphatic heterocycles. The van der Waals surface area contributed by atoms with Crippen molar-refractivity contribution in [3.05, 3.63) is 35.4 Å². The first-order chi connectivity index (χ1) is 10.0. The lowest BCUT2D eigenvalue weighted by Gasteiger charge is -2.12. The molecule has 0 spiro atoms. The number of rotatable bonds is 6. The lowest BCUT2D eigenvalue weighted by atomic mass is 10.1. The molecule has 22 heavy (non-hydrogen) atoms. The van der Waals surface area contributed by atoms with Crippen LogP contribution in [0.3, 0.4) is 0 Å². The van der Waals surface area contributed by atoms with Crippen molar-refractivity contribution in [2.45, 2.75) is 38.2 Å². The Morgan fingerprint density at radius 2 is 1.77 bits per heavy atom. The van der Waals surface area contributed by atoms with Crippen molar-refractivity contribution in [1.82, 2.24) is 5.32 Å². The number of nitrogens with one attached hydrogen (secondary N) is 1. The Balaban J connectivity index is 2.70. The first-order valence-corrected chi connectivity index (χ1v) is 8.51. The summed E-state index contributed by atoms with van der Waals surface area (Å²) in [5, 5.41) is 2.53. The van der Waals surface area contributed by atoms with Gasteiger partial charge in [-0.15, -0.1) is 0 Å². The quantitative estimate of drug-likeness (QED) is 0.868. The SMILES string of the molecule is CC[C@H](C)NC(=O)CS(=O)(=O)Cc1ccc(C(F)(F)F)cc1. The van der Waals surface area contributed by atoms with Crippen molar-refractivity contribution >= 4 is 15.7 Å². The number of carbonyl (C=O) groups is 1. The first-order valence-electron chi connectivity index (χ1n) is 6.69. The van der Waals surface area contributed by atoms with Crippen LogP contribution in [-0.4, -0.2) is 26.1 Å². The highest BCUT2D eigenvalue weighted by molar-refractivity contribution is 7.91. The number of carbonyl (C=O) groups excluding carboxylic acids is 1.